The lowest BCUT2D eigenvalue weighted by Crippen LogP contribution is -2.14. The van der Waals surface area contributed by atoms with Crippen molar-refractivity contribution in [1.82, 2.24) is 29.7 Å². The Morgan fingerprint density at radius 1 is 1.23 bits per heavy atom. The molecule has 0 amide bonds. The van der Waals surface area contributed by atoms with Crippen LogP contribution in [0.1, 0.15) is 18.2 Å². The van der Waals surface area contributed by atoms with E-state index >= 15 is 0 Å². The first kappa shape index (κ1) is 18.7. The second kappa shape index (κ2) is 7.48. The fourth-order valence-corrected chi connectivity index (χ4v) is 3.60. The summed E-state index contributed by atoms with van der Waals surface area (Å²) < 4.78 is 7.62. The highest BCUT2D eigenvalue weighted by molar-refractivity contribution is 5.86. The Morgan fingerprint density at radius 2 is 2.07 bits per heavy atom. The zero-order valence-electron chi connectivity index (χ0n) is 16.1. The number of benzene rings is 1. The zero-order chi connectivity index (χ0) is 20.7. The number of fused-ring (bicyclic) bond motifs is 1. The van der Waals surface area contributed by atoms with Gasteiger partial charge in [-0.1, -0.05) is 24.3 Å². The molecule has 1 fully saturated rings. The molecule has 6 N–H and O–H groups in total. The number of ether oxygens (including phenoxy) is 1. The van der Waals surface area contributed by atoms with Crippen LogP contribution >= 0.6 is 0 Å². The highest BCUT2D eigenvalue weighted by Crippen LogP contribution is 2.33. The zero-order valence-corrected chi connectivity index (χ0v) is 16.1. The lowest BCUT2D eigenvalue weighted by Gasteiger charge is -2.14. The summed E-state index contributed by atoms with van der Waals surface area (Å²) in [5, 5.41) is 16.6. The predicted octanol–water partition coefficient (Wildman–Crippen LogP) is 1.41. The Labute approximate surface area is 171 Å². The summed E-state index contributed by atoms with van der Waals surface area (Å²) in [6, 6.07) is 7.92. The first-order valence-corrected chi connectivity index (χ1v) is 9.61. The topological polar surface area (TPSA) is 154 Å². The summed E-state index contributed by atoms with van der Waals surface area (Å²) in [6.45, 7) is 0.442. The summed E-state index contributed by atoms with van der Waals surface area (Å²) in [4.78, 5) is 13.5. The van der Waals surface area contributed by atoms with Crippen molar-refractivity contribution in [3.05, 3.63) is 48.8 Å². The van der Waals surface area contributed by atoms with Crippen molar-refractivity contribution >= 4 is 17.0 Å². The number of nitrogen functional groups attached to an aromatic ring is 1. The van der Waals surface area contributed by atoms with E-state index in [1.54, 1.807) is 17.1 Å². The summed E-state index contributed by atoms with van der Waals surface area (Å²) >= 11 is 0. The van der Waals surface area contributed by atoms with E-state index in [4.69, 9.17) is 21.2 Å². The summed E-state index contributed by atoms with van der Waals surface area (Å²) in [5.74, 6) is 0.649. The molecular weight excluding hydrogens is 384 g/mol. The van der Waals surface area contributed by atoms with Crippen molar-refractivity contribution in [2.75, 3.05) is 12.3 Å². The average Bonchev–Trinajstić information content (AvgIpc) is 3.52. The van der Waals surface area contributed by atoms with Gasteiger partial charge >= 0.3 is 0 Å². The third kappa shape index (κ3) is 3.11. The summed E-state index contributed by atoms with van der Waals surface area (Å²) in [6.07, 6.45) is 5.43. The lowest BCUT2D eigenvalue weighted by molar-refractivity contribution is -0.0140. The molecule has 1 aliphatic heterocycles. The van der Waals surface area contributed by atoms with Crippen LogP contribution in [0.5, 0.6) is 0 Å². The van der Waals surface area contributed by atoms with Gasteiger partial charge in [-0.15, -0.1) is 0 Å². The molecule has 30 heavy (non-hydrogen) atoms. The molecule has 10 heteroatoms. The molecule has 0 saturated carbocycles. The molecule has 2 atom stereocenters. The van der Waals surface area contributed by atoms with Crippen LogP contribution in [0, 0.1) is 6.42 Å². The van der Waals surface area contributed by atoms with E-state index < -0.39 is 0 Å². The van der Waals surface area contributed by atoms with Crippen molar-refractivity contribution in [1.29, 1.82) is 0 Å². The van der Waals surface area contributed by atoms with Crippen molar-refractivity contribution in [2.24, 2.45) is 5.73 Å². The van der Waals surface area contributed by atoms with Crippen LogP contribution in [0.2, 0.25) is 0 Å². The number of imidazole rings is 1. The van der Waals surface area contributed by atoms with E-state index in [1.165, 1.54) is 0 Å². The number of nitrogens with two attached hydrogens (primary N) is 2. The number of rotatable bonds is 5. The van der Waals surface area contributed by atoms with Crippen LogP contribution in [-0.2, 0) is 11.3 Å². The number of nitrogens with zero attached hydrogens (tertiary/aromatic N) is 5. The van der Waals surface area contributed by atoms with E-state index in [1.807, 2.05) is 30.7 Å². The predicted molar refractivity (Wildman–Crippen MR) is 111 cm³/mol. The molecule has 1 saturated heterocycles. The Bertz CT molecular complexity index is 1180. The minimum atomic E-state index is -0.378. The Kier molecular flexibility index (Phi) is 4.66. The summed E-state index contributed by atoms with van der Waals surface area (Å²) in [7, 11) is 0. The number of hydrogen-bond donors (Lipinski definition) is 4. The number of aromatic nitrogens is 6. The van der Waals surface area contributed by atoms with Gasteiger partial charge in [0, 0.05) is 24.7 Å². The van der Waals surface area contributed by atoms with Gasteiger partial charge in [0.2, 0.25) is 0 Å². The van der Waals surface area contributed by atoms with Gasteiger partial charge < -0.3 is 21.3 Å². The number of nitrogens with one attached hydrogen (secondary N) is 1. The van der Waals surface area contributed by atoms with Crippen molar-refractivity contribution in [2.45, 2.75) is 25.3 Å². The first-order valence-electron chi connectivity index (χ1n) is 9.61. The number of hydrogen-bond acceptors (Lipinski definition) is 8. The molecule has 1 radical (unpaired) electrons. The third-order valence-corrected chi connectivity index (χ3v) is 5.21. The molecule has 2 unspecified atom stereocenters. The molecule has 4 aromatic rings. The Morgan fingerprint density at radius 3 is 2.80 bits per heavy atom. The molecule has 10 nitrogen and oxygen atoms in total. The van der Waals surface area contributed by atoms with Crippen LogP contribution in [-0.4, -0.2) is 47.5 Å². The third-order valence-electron chi connectivity index (χ3n) is 5.21. The SMILES string of the molecule is NCc1ccc(-c2c[nH]nc2-c2nc(N)c3ncn(C4[CH]CC(CO)O4)c3n2)cc1. The molecule has 5 rings (SSSR count). The van der Waals surface area contributed by atoms with Gasteiger partial charge in [-0.25, -0.2) is 15.0 Å². The fourth-order valence-electron chi connectivity index (χ4n) is 3.60. The van der Waals surface area contributed by atoms with Gasteiger partial charge in [-0.2, -0.15) is 5.10 Å². The highest BCUT2D eigenvalue weighted by atomic mass is 16.5. The molecule has 1 aromatic carbocycles. The molecule has 153 valence electrons. The summed E-state index contributed by atoms with van der Waals surface area (Å²) in [5.41, 5.74) is 16.4. The highest BCUT2D eigenvalue weighted by Gasteiger charge is 2.28. The van der Waals surface area contributed by atoms with Crippen LogP contribution < -0.4 is 11.5 Å². The van der Waals surface area contributed by atoms with Gasteiger partial charge in [0.05, 0.1) is 19.0 Å². The molecule has 3 aromatic heterocycles. The van der Waals surface area contributed by atoms with E-state index in [0.29, 0.717) is 35.6 Å². The second-order valence-electron chi connectivity index (χ2n) is 7.11. The van der Waals surface area contributed by atoms with Gasteiger partial charge in [0.15, 0.2) is 17.3 Å². The quantitative estimate of drug-likeness (QED) is 0.389. The van der Waals surface area contributed by atoms with E-state index in [0.717, 1.165) is 16.7 Å². The van der Waals surface area contributed by atoms with Crippen LogP contribution in [0.4, 0.5) is 5.82 Å². The molecule has 0 aliphatic carbocycles. The molecule has 1 aliphatic rings. The number of anilines is 1. The minimum absolute atomic E-state index is 0.0401. The first-order chi connectivity index (χ1) is 14.7. The number of aliphatic hydroxyl groups is 1. The number of aromatic amines is 1. The Hall–Kier alpha value is -3.34. The normalized spacial score (nSPS) is 19.0. The van der Waals surface area contributed by atoms with Crippen molar-refractivity contribution < 1.29 is 9.84 Å². The monoisotopic (exact) mass is 405 g/mol. The molecule has 0 bridgehead atoms. The number of aliphatic hydroxyl groups excluding tert-OH is 1. The van der Waals surface area contributed by atoms with Gasteiger partial charge in [-0.05, 0) is 17.5 Å². The molecule has 0 spiro atoms. The van der Waals surface area contributed by atoms with E-state index in [-0.39, 0.29) is 24.8 Å². The van der Waals surface area contributed by atoms with E-state index in [2.05, 4.69) is 20.2 Å². The maximum atomic E-state index is 9.35. The van der Waals surface area contributed by atoms with Gasteiger partial charge in [-0.3, -0.25) is 9.67 Å². The number of H-pyrrole nitrogens is 1. The second-order valence-corrected chi connectivity index (χ2v) is 7.11. The molecular formula is C20H21N8O2. The largest absolute Gasteiger partial charge is 0.394 e. The standard InChI is InChI=1S/C20H21N8O2/c21-7-11-1-3-12(4-2-11)14-8-24-27-16(14)19-25-18(22)17-20(26-19)28(10-23-17)15-6-5-13(9-29)30-15/h1-4,6,8,10,13,15,29H,5,7,9,21H2,(H,24,27)(H2,22,25,26). The Balaban J connectivity index is 1.57. The van der Waals surface area contributed by atoms with Crippen molar-refractivity contribution in [3.63, 3.8) is 0 Å². The van der Waals surface area contributed by atoms with Crippen LogP contribution in [0.3, 0.4) is 0 Å². The maximum Gasteiger partial charge on any atom is 0.184 e. The van der Waals surface area contributed by atoms with E-state index in [9.17, 15) is 5.11 Å². The van der Waals surface area contributed by atoms with Crippen LogP contribution in [0.25, 0.3) is 33.8 Å². The van der Waals surface area contributed by atoms with Gasteiger partial charge in [0.1, 0.15) is 17.4 Å². The van der Waals surface area contributed by atoms with Crippen molar-refractivity contribution in [3.8, 4) is 22.6 Å². The lowest BCUT2D eigenvalue weighted by atomic mass is 10.0. The molecule has 4 heterocycles. The minimum Gasteiger partial charge on any atom is -0.394 e. The van der Waals surface area contributed by atoms with Gasteiger partial charge in [0.25, 0.3) is 0 Å². The average molecular weight is 405 g/mol. The fraction of sp³-hybridized carbons (Fsp3) is 0.250. The van der Waals surface area contributed by atoms with Crippen LogP contribution in [0.15, 0.2) is 36.8 Å². The smallest absolute Gasteiger partial charge is 0.184 e. The maximum absolute atomic E-state index is 9.35.